The molecule has 4 heteroatoms. The van der Waals surface area contributed by atoms with E-state index in [1.807, 2.05) is 24.3 Å². The summed E-state index contributed by atoms with van der Waals surface area (Å²) in [7, 11) is 0. The van der Waals surface area contributed by atoms with Crippen LogP contribution in [0.25, 0.3) is 10.9 Å². The van der Waals surface area contributed by atoms with E-state index in [0.717, 1.165) is 28.7 Å². The van der Waals surface area contributed by atoms with Crippen molar-refractivity contribution < 1.29 is 0 Å². The summed E-state index contributed by atoms with van der Waals surface area (Å²) in [6, 6.07) is 16.2. The van der Waals surface area contributed by atoms with Crippen LogP contribution in [0.1, 0.15) is 5.56 Å². The molecule has 1 heterocycles. The second kappa shape index (κ2) is 5.88. The molecule has 0 atom stereocenters. The van der Waals surface area contributed by atoms with Gasteiger partial charge in [-0.1, -0.05) is 30.3 Å². The Kier molecular flexibility index (Phi) is 3.79. The highest BCUT2D eigenvalue weighted by molar-refractivity contribution is 6.18. The molecule has 0 unspecified atom stereocenters. The van der Waals surface area contributed by atoms with Crippen LogP contribution in [0, 0.1) is 0 Å². The monoisotopic (exact) mass is 283 g/mol. The topological polar surface area (TPSA) is 37.8 Å². The molecule has 3 aromatic rings. The first-order chi connectivity index (χ1) is 9.86. The third kappa shape index (κ3) is 2.73. The predicted molar refractivity (Wildman–Crippen MR) is 83.7 cm³/mol. The van der Waals surface area contributed by atoms with Gasteiger partial charge in [0.05, 0.1) is 17.4 Å². The highest BCUT2D eigenvalue weighted by Crippen LogP contribution is 2.24. The summed E-state index contributed by atoms with van der Waals surface area (Å²) < 4.78 is 0. The number of anilines is 2. The minimum absolute atomic E-state index is 0.645. The number of nitrogens with one attached hydrogen (secondary N) is 1. The van der Waals surface area contributed by atoms with Crippen LogP contribution in [0.5, 0.6) is 0 Å². The van der Waals surface area contributed by atoms with E-state index in [1.54, 1.807) is 6.20 Å². The summed E-state index contributed by atoms with van der Waals surface area (Å²) >= 11 is 5.74. The zero-order valence-corrected chi connectivity index (χ0v) is 11.6. The fourth-order valence-electron chi connectivity index (χ4n) is 2.13. The van der Waals surface area contributed by atoms with Crippen molar-refractivity contribution in [2.75, 3.05) is 11.2 Å². The Morgan fingerprint density at radius 2 is 1.80 bits per heavy atom. The van der Waals surface area contributed by atoms with Gasteiger partial charge in [-0.05, 0) is 30.2 Å². The quantitative estimate of drug-likeness (QED) is 0.731. The van der Waals surface area contributed by atoms with E-state index in [0.29, 0.717) is 5.88 Å². The van der Waals surface area contributed by atoms with E-state index in [-0.39, 0.29) is 0 Å². The lowest BCUT2D eigenvalue weighted by Gasteiger charge is -2.09. The maximum absolute atomic E-state index is 5.74. The molecule has 2 aromatic carbocycles. The van der Waals surface area contributed by atoms with E-state index >= 15 is 0 Å². The molecule has 0 radical (unpaired) electrons. The first-order valence-electron chi connectivity index (χ1n) is 6.49. The third-order valence-corrected chi connectivity index (χ3v) is 3.35. The highest BCUT2D eigenvalue weighted by Gasteiger charge is 2.02. The van der Waals surface area contributed by atoms with Crippen LogP contribution < -0.4 is 5.32 Å². The molecular weight excluding hydrogens is 270 g/mol. The number of fused-ring (bicyclic) bond motifs is 1. The Bertz CT molecular complexity index is 705. The Labute approximate surface area is 122 Å². The van der Waals surface area contributed by atoms with E-state index in [9.17, 15) is 0 Å². The number of halogens is 1. The molecule has 0 aliphatic rings. The van der Waals surface area contributed by atoms with Gasteiger partial charge in [-0.3, -0.25) is 0 Å². The summed E-state index contributed by atoms with van der Waals surface area (Å²) in [5, 5.41) is 12.6. The van der Waals surface area contributed by atoms with Crippen LogP contribution in [-0.2, 0) is 6.42 Å². The second-order valence-corrected chi connectivity index (χ2v) is 4.91. The SMILES string of the molecule is ClCCc1ccc(Nc2cnnc3ccccc23)cc1. The fraction of sp³-hybridized carbons (Fsp3) is 0.125. The molecule has 20 heavy (non-hydrogen) atoms. The maximum atomic E-state index is 5.74. The van der Waals surface area contributed by atoms with E-state index in [2.05, 4.69) is 39.8 Å². The van der Waals surface area contributed by atoms with Crippen LogP contribution in [0.4, 0.5) is 11.4 Å². The summed E-state index contributed by atoms with van der Waals surface area (Å²) in [6.07, 6.45) is 2.64. The van der Waals surface area contributed by atoms with Crippen molar-refractivity contribution in [3.05, 3.63) is 60.3 Å². The van der Waals surface area contributed by atoms with Crippen molar-refractivity contribution in [2.45, 2.75) is 6.42 Å². The first kappa shape index (κ1) is 12.9. The largest absolute Gasteiger partial charge is 0.354 e. The van der Waals surface area contributed by atoms with Crippen LogP contribution in [0.3, 0.4) is 0 Å². The Morgan fingerprint density at radius 3 is 2.60 bits per heavy atom. The predicted octanol–water partition coefficient (Wildman–Crippen LogP) is 4.15. The average molecular weight is 284 g/mol. The molecule has 0 fully saturated rings. The first-order valence-corrected chi connectivity index (χ1v) is 7.02. The van der Waals surface area contributed by atoms with Crippen LogP contribution in [0.15, 0.2) is 54.7 Å². The number of aromatic nitrogens is 2. The number of benzene rings is 2. The molecule has 100 valence electrons. The smallest absolute Gasteiger partial charge is 0.0950 e. The summed E-state index contributed by atoms with van der Waals surface area (Å²) in [5.41, 5.74) is 4.11. The molecule has 0 amide bonds. The third-order valence-electron chi connectivity index (χ3n) is 3.16. The highest BCUT2D eigenvalue weighted by atomic mass is 35.5. The average Bonchev–Trinajstić information content (AvgIpc) is 2.50. The number of aryl methyl sites for hydroxylation is 1. The standard InChI is InChI=1S/C16H14ClN3/c17-10-9-12-5-7-13(8-6-12)19-16-11-18-20-15-4-2-1-3-14(15)16/h1-8,11H,9-10H2,(H,19,20). The van der Waals surface area contributed by atoms with Crippen LogP contribution in [-0.4, -0.2) is 16.1 Å². The Hall–Kier alpha value is -2.13. The number of alkyl halides is 1. The molecule has 0 aliphatic carbocycles. The molecule has 1 N–H and O–H groups in total. The minimum Gasteiger partial charge on any atom is -0.354 e. The Morgan fingerprint density at radius 1 is 1.00 bits per heavy atom. The summed E-state index contributed by atoms with van der Waals surface area (Å²) in [6.45, 7) is 0. The van der Waals surface area contributed by atoms with Gasteiger partial charge >= 0.3 is 0 Å². The van der Waals surface area contributed by atoms with Gasteiger partial charge in [0.25, 0.3) is 0 Å². The van der Waals surface area contributed by atoms with Crippen molar-refractivity contribution in [3.63, 3.8) is 0 Å². The van der Waals surface area contributed by atoms with E-state index < -0.39 is 0 Å². The molecule has 0 aliphatic heterocycles. The number of nitrogens with zero attached hydrogens (tertiary/aromatic N) is 2. The van der Waals surface area contributed by atoms with Gasteiger partial charge in [-0.25, -0.2) is 0 Å². The fourth-order valence-corrected chi connectivity index (χ4v) is 2.34. The minimum atomic E-state index is 0.645. The molecule has 0 saturated carbocycles. The molecular formula is C16H14ClN3. The van der Waals surface area contributed by atoms with Gasteiger partial charge in [0.2, 0.25) is 0 Å². The van der Waals surface area contributed by atoms with Crippen molar-refractivity contribution in [2.24, 2.45) is 0 Å². The van der Waals surface area contributed by atoms with Crippen molar-refractivity contribution in [3.8, 4) is 0 Å². The second-order valence-electron chi connectivity index (χ2n) is 4.54. The van der Waals surface area contributed by atoms with Crippen LogP contribution >= 0.6 is 11.6 Å². The molecule has 1 aromatic heterocycles. The van der Waals surface area contributed by atoms with Gasteiger partial charge in [-0.15, -0.1) is 11.6 Å². The maximum Gasteiger partial charge on any atom is 0.0950 e. The van der Waals surface area contributed by atoms with Gasteiger partial charge in [0.1, 0.15) is 0 Å². The lowest BCUT2D eigenvalue weighted by Crippen LogP contribution is -1.95. The molecule has 3 rings (SSSR count). The molecule has 0 spiro atoms. The number of hydrogen-bond donors (Lipinski definition) is 1. The van der Waals surface area contributed by atoms with Crippen LogP contribution in [0.2, 0.25) is 0 Å². The lowest BCUT2D eigenvalue weighted by molar-refractivity contribution is 1.08. The van der Waals surface area contributed by atoms with Gasteiger partial charge in [0.15, 0.2) is 0 Å². The van der Waals surface area contributed by atoms with Gasteiger partial charge < -0.3 is 5.32 Å². The molecule has 3 nitrogen and oxygen atoms in total. The van der Waals surface area contributed by atoms with Gasteiger partial charge in [0, 0.05) is 17.0 Å². The lowest BCUT2D eigenvalue weighted by atomic mass is 10.1. The zero-order chi connectivity index (χ0) is 13.8. The van der Waals surface area contributed by atoms with Crippen molar-refractivity contribution in [1.29, 1.82) is 0 Å². The molecule has 0 bridgehead atoms. The van der Waals surface area contributed by atoms with Crippen molar-refractivity contribution in [1.82, 2.24) is 10.2 Å². The van der Waals surface area contributed by atoms with Gasteiger partial charge in [-0.2, -0.15) is 10.2 Å². The number of rotatable bonds is 4. The van der Waals surface area contributed by atoms with Crippen molar-refractivity contribution >= 4 is 33.9 Å². The van der Waals surface area contributed by atoms with E-state index in [1.165, 1.54) is 5.56 Å². The molecule has 0 saturated heterocycles. The summed E-state index contributed by atoms with van der Waals surface area (Å²) in [4.78, 5) is 0. The summed E-state index contributed by atoms with van der Waals surface area (Å²) in [5.74, 6) is 0.645. The van der Waals surface area contributed by atoms with E-state index in [4.69, 9.17) is 11.6 Å². The normalized spacial score (nSPS) is 10.7. The Balaban J connectivity index is 1.89. The number of hydrogen-bond acceptors (Lipinski definition) is 3. The zero-order valence-electron chi connectivity index (χ0n) is 10.9.